The first-order chi connectivity index (χ1) is 8.19. The number of aromatic nitrogens is 3. The molecule has 0 aliphatic carbocycles. The summed E-state index contributed by atoms with van der Waals surface area (Å²) < 4.78 is 1.51. The Balaban J connectivity index is 2.11. The predicted octanol–water partition coefficient (Wildman–Crippen LogP) is 1.28. The van der Waals surface area contributed by atoms with Crippen LogP contribution >= 0.6 is 0 Å². The lowest BCUT2D eigenvalue weighted by atomic mass is 10.3. The molecule has 0 saturated carbocycles. The number of nitrogens with one attached hydrogen (secondary N) is 1. The molecule has 0 amide bonds. The Morgan fingerprint density at radius 2 is 2.29 bits per heavy atom. The van der Waals surface area contributed by atoms with Gasteiger partial charge in [-0.2, -0.15) is 5.10 Å². The molecule has 0 fully saturated rings. The van der Waals surface area contributed by atoms with Crippen molar-refractivity contribution in [2.75, 3.05) is 12.4 Å². The van der Waals surface area contributed by atoms with Gasteiger partial charge in [0.1, 0.15) is 18.2 Å². The quantitative estimate of drug-likeness (QED) is 0.635. The zero-order chi connectivity index (χ0) is 12.3. The van der Waals surface area contributed by atoms with Crippen LogP contribution in [0.25, 0.3) is 0 Å². The molecule has 0 saturated heterocycles. The predicted molar refractivity (Wildman–Crippen MR) is 61.8 cm³/mol. The molecule has 0 aliphatic rings. The van der Waals surface area contributed by atoms with Crippen LogP contribution in [0.1, 0.15) is 5.56 Å². The molecule has 0 unspecified atom stereocenters. The van der Waals surface area contributed by atoms with E-state index in [-0.39, 0.29) is 5.69 Å². The van der Waals surface area contributed by atoms with E-state index < -0.39 is 4.92 Å². The zero-order valence-electron chi connectivity index (χ0n) is 9.20. The maximum absolute atomic E-state index is 10.5. The summed E-state index contributed by atoms with van der Waals surface area (Å²) >= 11 is 0. The van der Waals surface area contributed by atoms with Crippen molar-refractivity contribution in [2.24, 2.45) is 0 Å². The van der Waals surface area contributed by atoms with E-state index >= 15 is 0 Å². The molecule has 0 spiro atoms. The van der Waals surface area contributed by atoms with Crippen LogP contribution in [-0.2, 0) is 6.54 Å². The minimum absolute atomic E-state index is 0.00944. The van der Waals surface area contributed by atoms with Gasteiger partial charge in [-0.25, -0.2) is 4.98 Å². The SMILES string of the molecule is CNc1ccc(Cn2cc([N+](=O)[O-])cn2)cn1. The third-order valence-corrected chi connectivity index (χ3v) is 2.26. The number of hydrogen-bond acceptors (Lipinski definition) is 5. The van der Waals surface area contributed by atoms with E-state index in [0.29, 0.717) is 6.54 Å². The maximum atomic E-state index is 10.5. The van der Waals surface area contributed by atoms with Gasteiger partial charge in [-0.05, 0) is 11.6 Å². The van der Waals surface area contributed by atoms with Gasteiger partial charge in [0, 0.05) is 13.2 Å². The van der Waals surface area contributed by atoms with Crippen molar-refractivity contribution < 1.29 is 4.92 Å². The minimum atomic E-state index is -0.466. The molecule has 1 N–H and O–H groups in total. The summed E-state index contributed by atoms with van der Waals surface area (Å²) in [7, 11) is 1.79. The maximum Gasteiger partial charge on any atom is 0.307 e. The summed E-state index contributed by atoms with van der Waals surface area (Å²) in [6, 6.07) is 3.74. The fraction of sp³-hybridized carbons (Fsp3) is 0.200. The van der Waals surface area contributed by atoms with Crippen LogP contribution in [0.4, 0.5) is 11.5 Å². The van der Waals surface area contributed by atoms with Gasteiger partial charge in [0.05, 0.1) is 11.5 Å². The first kappa shape index (κ1) is 11.1. The molecule has 17 heavy (non-hydrogen) atoms. The second-order valence-electron chi connectivity index (χ2n) is 3.45. The molecule has 0 atom stereocenters. The largest absolute Gasteiger partial charge is 0.373 e. The van der Waals surface area contributed by atoms with E-state index in [9.17, 15) is 10.1 Å². The van der Waals surface area contributed by atoms with Crippen molar-refractivity contribution in [1.29, 1.82) is 0 Å². The molecule has 2 aromatic heterocycles. The normalized spacial score (nSPS) is 10.2. The minimum Gasteiger partial charge on any atom is -0.373 e. The van der Waals surface area contributed by atoms with Crippen molar-refractivity contribution in [1.82, 2.24) is 14.8 Å². The first-order valence-electron chi connectivity index (χ1n) is 4.98. The Bertz CT molecular complexity index is 520. The van der Waals surface area contributed by atoms with Gasteiger partial charge >= 0.3 is 5.69 Å². The van der Waals surface area contributed by atoms with Gasteiger partial charge in [0.25, 0.3) is 0 Å². The van der Waals surface area contributed by atoms with Crippen LogP contribution in [0.2, 0.25) is 0 Å². The molecule has 0 aliphatic heterocycles. The fourth-order valence-electron chi connectivity index (χ4n) is 1.39. The molecule has 7 heteroatoms. The lowest BCUT2D eigenvalue weighted by molar-refractivity contribution is -0.385. The molecular weight excluding hydrogens is 222 g/mol. The van der Waals surface area contributed by atoms with Crippen molar-refractivity contribution in [3.05, 3.63) is 46.4 Å². The van der Waals surface area contributed by atoms with Crippen LogP contribution in [-0.4, -0.2) is 26.7 Å². The summed E-state index contributed by atoms with van der Waals surface area (Å²) in [6.45, 7) is 0.463. The summed E-state index contributed by atoms with van der Waals surface area (Å²) in [5.41, 5.74) is 0.923. The van der Waals surface area contributed by atoms with Crippen molar-refractivity contribution in [3.8, 4) is 0 Å². The van der Waals surface area contributed by atoms with E-state index in [1.165, 1.54) is 17.1 Å². The molecule has 2 aromatic rings. The van der Waals surface area contributed by atoms with E-state index in [1.807, 2.05) is 12.1 Å². The highest BCUT2D eigenvalue weighted by atomic mass is 16.6. The van der Waals surface area contributed by atoms with Gasteiger partial charge in [-0.15, -0.1) is 0 Å². The summed E-state index contributed by atoms with van der Waals surface area (Å²) in [5, 5.41) is 17.3. The van der Waals surface area contributed by atoms with Crippen LogP contribution < -0.4 is 5.32 Å². The Labute approximate surface area is 97.2 Å². The molecule has 2 rings (SSSR count). The van der Waals surface area contributed by atoms with Gasteiger partial charge in [0.15, 0.2) is 0 Å². The fourth-order valence-corrected chi connectivity index (χ4v) is 1.39. The molecule has 0 aromatic carbocycles. The highest BCUT2D eigenvalue weighted by Gasteiger charge is 2.08. The van der Waals surface area contributed by atoms with Crippen molar-refractivity contribution in [2.45, 2.75) is 6.54 Å². The number of rotatable bonds is 4. The smallest absolute Gasteiger partial charge is 0.307 e. The number of nitro groups is 1. The molecular formula is C10H11N5O2. The van der Waals surface area contributed by atoms with Gasteiger partial charge in [-0.1, -0.05) is 6.07 Å². The van der Waals surface area contributed by atoms with Crippen LogP contribution in [0.5, 0.6) is 0 Å². The molecule has 88 valence electrons. The molecule has 0 bridgehead atoms. The lowest BCUT2D eigenvalue weighted by Gasteiger charge is -2.02. The van der Waals surface area contributed by atoms with Crippen LogP contribution in [0.15, 0.2) is 30.7 Å². The summed E-state index contributed by atoms with van der Waals surface area (Å²) in [6.07, 6.45) is 4.33. The first-order valence-corrected chi connectivity index (χ1v) is 4.98. The van der Waals surface area contributed by atoms with Gasteiger partial charge in [0.2, 0.25) is 0 Å². The Kier molecular flexibility index (Phi) is 2.99. The third kappa shape index (κ3) is 2.57. The third-order valence-electron chi connectivity index (χ3n) is 2.26. The number of hydrogen-bond donors (Lipinski definition) is 1. The zero-order valence-corrected chi connectivity index (χ0v) is 9.20. The Morgan fingerprint density at radius 1 is 1.47 bits per heavy atom. The van der Waals surface area contributed by atoms with Gasteiger partial charge < -0.3 is 5.32 Å². The van der Waals surface area contributed by atoms with E-state index in [4.69, 9.17) is 0 Å². The number of nitrogens with zero attached hydrogens (tertiary/aromatic N) is 4. The lowest BCUT2D eigenvalue weighted by Crippen LogP contribution is -2.01. The average molecular weight is 233 g/mol. The summed E-state index contributed by atoms with van der Waals surface area (Å²) in [5.74, 6) is 0.778. The highest BCUT2D eigenvalue weighted by Crippen LogP contribution is 2.10. The van der Waals surface area contributed by atoms with Crippen LogP contribution in [0.3, 0.4) is 0 Å². The summed E-state index contributed by atoms with van der Waals surface area (Å²) in [4.78, 5) is 14.2. The van der Waals surface area contributed by atoms with E-state index in [0.717, 1.165) is 11.4 Å². The Morgan fingerprint density at radius 3 is 2.82 bits per heavy atom. The Hall–Kier alpha value is -2.44. The van der Waals surface area contributed by atoms with Gasteiger partial charge in [-0.3, -0.25) is 14.8 Å². The number of anilines is 1. The highest BCUT2D eigenvalue weighted by molar-refractivity contribution is 5.34. The number of pyridine rings is 1. The average Bonchev–Trinajstić information content (AvgIpc) is 2.79. The molecule has 0 radical (unpaired) electrons. The second-order valence-corrected chi connectivity index (χ2v) is 3.45. The van der Waals surface area contributed by atoms with Crippen LogP contribution in [0, 0.1) is 10.1 Å². The standard InChI is InChI=1S/C10H11N5O2/c1-11-10-3-2-8(4-12-10)6-14-7-9(5-13-14)15(16)17/h2-5,7H,6H2,1H3,(H,11,12). The second kappa shape index (κ2) is 4.60. The topological polar surface area (TPSA) is 85.9 Å². The molecule has 7 nitrogen and oxygen atoms in total. The van der Waals surface area contributed by atoms with Crippen molar-refractivity contribution in [3.63, 3.8) is 0 Å². The molecule has 2 heterocycles. The van der Waals surface area contributed by atoms with Crippen molar-refractivity contribution >= 4 is 11.5 Å². The monoisotopic (exact) mass is 233 g/mol. The van der Waals surface area contributed by atoms with E-state index in [2.05, 4.69) is 15.4 Å². The van der Waals surface area contributed by atoms with E-state index in [1.54, 1.807) is 13.2 Å².